The molecule has 8 heteroatoms. The predicted octanol–water partition coefficient (Wildman–Crippen LogP) is 3.75. The summed E-state index contributed by atoms with van der Waals surface area (Å²) in [6.45, 7) is 7.45. The fourth-order valence-electron chi connectivity index (χ4n) is 4.50. The van der Waals surface area contributed by atoms with Gasteiger partial charge in [-0.1, -0.05) is 25.4 Å². The van der Waals surface area contributed by atoms with Crippen LogP contribution in [0, 0.1) is 5.82 Å². The first-order valence-electron chi connectivity index (χ1n) is 10.2. The normalized spacial score (nSPS) is 19.5. The molecule has 0 bridgehead atoms. The number of aromatic carboxylic acids is 1. The van der Waals surface area contributed by atoms with Crippen molar-refractivity contribution in [2.24, 2.45) is 0 Å². The monoisotopic (exact) mass is 421 g/mol. The number of rotatable bonds is 6. The summed E-state index contributed by atoms with van der Waals surface area (Å²) in [7, 11) is 0. The van der Waals surface area contributed by atoms with Crippen LogP contribution in [0.4, 0.5) is 10.1 Å². The molecule has 1 atom stereocenters. The topological polar surface area (TPSA) is 65.8 Å². The van der Waals surface area contributed by atoms with E-state index in [1.54, 1.807) is 4.57 Å². The molecule has 2 fully saturated rings. The first-order chi connectivity index (χ1) is 13.9. The average Bonchev–Trinajstić information content (AvgIpc) is 3.42. The van der Waals surface area contributed by atoms with Gasteiger partial charge in [-0.2, -0.15) is 0 Å². The molecular weight excluding hydrogens is 397 g/mol. The molecule has 1 saturated carbocycles. The van der Waals surface area contributed by atoms with Crippen molar-refractivity contribution in [3.05, 3.63) is 38.9 Å². The minimum Gasteiger partial charge on any atom is -0.477 e. The summed E-state index contributed by atoms with van der Waals surface area (Å²) in [5.74, 6) is -1.89. The molecule has 2 heterocycles. The van der Waals surface area contributed by atoms with Gasteiger partial charge in [0.2, 0.25) is 5.43 Å². The fourth-order valence-corrected chi connectivity index (χ4v) is 4.91. The lowest BCUT2D eigenvalue weighted by Gasteiger charge is -2.27. The van der Waals surface area contributed by atoms with Gasteiger partial charge in [-0.05, 0) is 38.4 Å². The van der Waals surface area contributed by atoms with Crippen LogP contribution in [0.3, 0.4) is 0 Å². The summed E-state index contributed by atoms with van der Waals surface area (Å²) in [5, 5.41) is 9.62. The van der Waals surface area contributed by atoms with E-state index in [0.717, 1.165) is 38.4 Å². The van der Waals surface area contributed by atoms with Gasteiger partial charge in [0.1, 0.15) is 11.4 Å². The molecule has 2 aliphatic rings. The lowest BCUT2D eigenvalue weighted by Crippen LogP contribution is -2.37. The van der Waals surface area contributed by atoms with E-state index in [-0.39, 0.29) is 22.0 Å². The minimum atomic E-state index is -1.31. The summed E-state index contributed by atoms with van der Waals surface area (Å²) in [6.07, 6.45) is 4.05. The van der Waals surface area contributed by atoms with Crippen molar-refractivity contribution in [2.45, 2.75) is 45.2 Å². The number of hydrogen-bond acceptors (Lipinski definition) is 4. The summed E-state index contributed by atoms with van der Waals surface area (Å²) < 4.78 is 16.9. The van der Waals surface area contributed by atoms with E-state index in [2.05, 4.69) is 18.7 Å². The lowest BCUT2D eigenvalue weighted by molar-refractivity contribution is 0.0695. The van der Waals surface area contributed by atoms with Crippen molar-refractivity contribution in [1.82, 2.24) is 9.47 Å². The second-order valence-corrected chi connectivity index (χ2v) is 8.22. The minimum absolute atomic E-state index is 0.0301. The summed E-state index contributed by atoms with van der Waals surface area (Å²) in [6, 6.07) is 1.58. The van der Waals surface area contributed by atoms with Gasteiger partial charge in [0, 0.05) is 31.4 Å². The van der Waals surface area contributed by atoms with Gasteiger partial charge in [-0.15, -0.1) is 0 Å². The smallest absolute Gasteiger partial charge is 0.341 e. The molecule has 0 unspecified atom stereocenters. The number of fused-ring (bicyclic) bond motifs is 1. The predicted molar refractivity (Wildman–Crippen MR) is 112 cm³/mol. The highest BCUT2D eigenvalue weighted by atomic mass is 35.5. The third kappa shape index (κ3) is 3.40. The first-order valence-corrected chi connectivity index (χ1v) is 10.5. The second kappa shape index (κ2) is 7.61. The molecule has 0 radical (unpaired) electrons. The van der Waals surface area contributed by atoms with E-state index in [0.29, 0.717) is 30.3 Å². The van der Waals surface area contributed by atoms with Crippen LogP contribution in [0.2, 0.25) is 5.02 Å². The van der Waals surface area contributed by atoms with E-state index in [9.17, 15) is 14.7 Å². The Morgan fingerprint density at radius 3 is 2.59 bits per heavy atom. The number of carbonyl (C=O) groups is 1. The Morgan fingerprint density at radius 1 is 1.31 bits per heavy atom. The second-order valence-electron chi connectivity index (χ2n) is 7.84. The fraction of sp³-hybridized carbons (Fsp3) is 0.524. The molecular formula is C21H25ClFN3O3. The molecule has 29 heavy (non-hydrogen) atoms. The Bertz CT molecular complexity index is 1030. The number of carboxylic acid groups (broad SMARTS) is 1. The van der Waals surface area contributed by atoms with E-state index in [1.807, 2.05) is 4.90 Å². The highest BCUT2D eigenvalue weighted by molar-refractivity contribution is 6.38. The van der Waals surface area contributed by atoms with Gasteiger partial charge in [0.15, 0.2) is 0 Å². The molecule has 4 rings (SSSR count). The van der Waals surface area contributed by atoms with Crippen molar-refractivity contribution in [3.8, 4) is 0 Å². The third-order valence-corrected chi connectivity index (χ3v) is 6.52. The number of carboxylic acids is 1. The van der Waals surface area contributed by atoms with Crippen molar-refractivity contribution >= 4 is 34.2 Å². The number of hydrogen-bond donors (Lipinski definition) is 1. The molecule has 1 aromatic carbocycles. The Kier molecular flexibility index (Phi) is 5.29. The molecule has 0 spiro atoms. The zero-order valence-corrected chi connectivity index (χ0v) is 17.4. The largest absolute Gasteiger partial charge is 0.477 e. The summed E-state index contributed by atoms with van der Waals surface area (Å²) in [4.78, 5) is 28.5. The Balaban J connectivity index is 1.85. The van der Waals surface area contributed by atoms with Crippen molar-refractivity contribution in [1.29, 1.82) is 0 Å². The summed E-state index contributed by atoms with van der Waals surface area (Å²) in [5.41, 5.74) is -0.299. The maximum absolute atomic E-state index is 15.2. The Labute approximate surface area is 173 Å². The highest BCUT2D eigenvalue weighted by Crippen LogP contribution is 2.42. The molecule has 1 aromatic heterocycles. The Morgan fingerprint density at radius 2 is 2.00 bits per heavy atom. The van der Waals surface area contributed by atoms with Gasteiger partial charge in [-0.25, -0.2) is 9.18 Å². The van der Waals surface area contributed by atoms with E-state index >= 15 is 4.39 Å². The lowest BCUT2D eigenvalue weighted by atomic mass is 10.1. The average molecular weight is 422 g/mol. The van der Waals surface area contributed by atoms with Gasteiger partial charge < -0.3 is 14.6 Å². The molecule has 1 aliphatic carbocycles. The van der Waals surface area contributed by atoms with Crippen LogP contribution in [0.1, 0.15) is 49.5 Å². The molecule has 1 aliphatic heterocycles. The van der Waals surface area contributed by atoms with Crippen LogP contribution >= 0.6 is 11.6 Å². The molecule has 156 valence electrons. The Hall–Kier alpha value is -2.12. The standard InChI is InChI=1S/C21H25ClFN3O3/c1-3-24(4-2)13-7-8-25(10-13)19-16(23)9-14-18(17(19)22)26(12-5-6-12)11-15(20(14)27)21(28)29/h9,11-13H,3-8,10H2,1-2H3,(H,28,29)/t13-/m1/s1. The van der Waals surface area contributed by atoms with Crippen molar-refractivity contribution < 1.29 is 14.3 Å². The number of halogens is 2. The van der Waals surface area contributed by atoms with Gasteiger partial charge in [0.05, 0.1) is 21.6 Å². The van der Waals surface area contributed by atoms with Crippen LogP contribution in [0.15, 0.2) is 17.1 Å². The summed E-state index contributed by atoms with van der Waals surface area (Å²) >= 11 is 6.70. The van der Waals surface area contributed by atoms with Crippen molar-refractivity contribution in [2.75, 3.05) is 31.1 Å². The van der Waals surface area contributed by atoms with Crippen LogP contribution in [-0.4, -0.2) is 52.8 Å². The number of benzene rings is 1. The third-order valence-electron chi connectivity index (χ3n) is 6.16. The van der Waals surface area contributed by atoms with E-state index in [1.165, 1.54) is 6.20 Å². The number of aromatic nitrogens is 1. The van der Waals surface area contributed by atoms with Gasteiger partial charge >= 0.3 is 5.97 Å². The SMILES string of the molecule is CCN(CC)[C@@H]1CCN(c2c(F)cc3c(=O)c(C(=O)O)cn(C4CC4)c3c2Cl)C1. The van der Waals surface area contributed by atoms with Crippen LogP contribution in [-0.2, 0) is 0 Å². The molecule has 6 nitrogen and oxygen atoms in total. The first kappa shape index (κ1) is 20.2. The van der Waals surface area contributed by atoms with Crippen LogP contribution in [0.5, 0.6) is 0 Å². The molecule has 2 aromatic rings. The zero-order valence-electron chi connectivity index (χ0n) is 16.6. The van der Waals surface area contributed by atoms with Gasteiger partial charge in [-0.3, -0.25) is 9.69 Å². The molecule has 1 saturated heterocycles. The number of likely N-dealkylation sites (N-methyl/N-ethyl adjacent to an activating group) is 1. The molecule has 1 N–H and O–H groups in total. The van der Waals surface area contributed by atoms with E-state index in [4.69, 9.17) is 11.6 Å². The number of nitrogens with zero attached hydrogens (tertiary/aromatic N) is 3. The number of pyridine rings is 1. The van der Waals surface area contributed by atoms with Crippen LogP contribution < -0.4 is 10.3 Å². The van der Waals surface area contributed by atoms with E-state index < -0.39 is 17.2 Å². The quantitative estimate of drug-likeness (QED) is 0.769. The van der Waals surface area contributed by atoms with Gasteiger partial charge in [0.25, 0.3) is 0 Å². The molecule has 0 amide bonds. The zero-order chi connectivity index (χ0) is 20.9. The maximum Gasteiger partial charge on any atom is 0.341 e. The van der Waals surface area contributed by atoms with Crippen LogP contribution in [0.25, 0.3) is 10.9 Å². The highest BCUT2D eigenvalue weighted by Gasteiger charge is 2.33. The van der Waals surface area contributed by atoms with Crippen molar-refractivity contribution in [3.63, 3.8) is 0 Å². The maximum atomic E-state index is 15.2. The number of anilines is 1.